The van der Waals surface area contributed by atoms with Gasteiger partial charge in [-0.1, -0.05) is 53.2 Å². The number of hydrogen-bond donors (Lipinski definition) is 5. The number of carbonyl (C=O) groups is 1. The van der Waals surface area contributed by atoms with E-state index in [9.17, 15) is 30.3 Å². The van der Waals surface area contributed by atoms with Gasteiger partial charge < -0.3 is 35.0 Å². The van der Waals surface area contributed by atoms with Crippen LogP contribution in [0.15, 0.2) is 11.6 Å². The molecule has 14 atom stereocenters. The van der Waals surface area contributed by atoms with Crippen LogP contribution in [0, 0.1) is 50.7 Å². The second-order valence-corrected chi connectivity index (χ2v) is 17.1. The van der Waals surface area contributed by atoms with Crippen LogP contribution in [-0.2, 0) is 14.3 Å². The highest BCUT2D eigenvalue weighted by atomic mass is 16.7. The summed E-state index contributed by atoms with van der Waals surface area (Å²) < 4.78 is 12.1. The molecule has 0 aromatic carbocycles. The number of aliphatic carboxylic acids is 1. The molecule has 1 aliphatic heterocycles. The summed E-state index contributed by atoms with van der Waals surface area (Å²) in [6.45, 7) is 15.8. The van der Waals surface area contributed by atoms with E-state index in [1.54, 1.807) is 0 Å². The molecule has 1 heterocycles. The Labute approximate surface area is 257 Å². The van der Waals surface area contributed by atoms with Crippen molar-refractivity contribution in [1.29, 1.82) is 0 Å². The molecule has 0 spiro atoms. The lowest BCUT2D eigenvalue weighted by molar-refractivity contribution is -0.308. The number of aliphatic hydroxyl groups excluding tert-OH is 3. The van der Waals surface area contributed by atoms with Gasteiger partial charge in [-0.3, -0.25) is 4.79 Å². The standard InChI is InChI=1S/C35H56O8/c1-19-10-15-35(29(39)40)17-16-32(5)20(27(35)34(19,7)41)8-9-23-31(4)13-12-24(30(2,3)22(31)11-14-33(23,32)6)43-28-26(38)25(37)21(36)18-42-28/h8,19,21-28,36-38,41H,9-18H2,1-7H3,(H,39,40)/t19-,21+,22+,23-,24+,25+,26-,27-,28+,31+,32-,33-,34-,35+/m0/s1. The molecule has 8 nitrogen and oxygen atoms in total. The van der Waals surface area contributed by atoms with Crippen molar-refractivity contribution in [2.24, 2.45) is 50.7 Å². The summed E-state index contributed by atoms with van der Waals surface area (Å²) in [4.78, 5) is 13.0. The lowest BCUT2D eigenvalue weighted by atomic mass is 9.33. The first-order chi connectivity index (χ1) is 19.9. The van der Waals surface area contributed by atoms with Crippen LogP contribution >= 0.6 is 0 Å². The molecule has 5 N–H and O–H groups in total. The van der Waals surface area contributed by atoms with Crippen molar-refractivity contribution in [3.05, 3.63) is 11.6 Å². The molecule has 0 aromatic heterocycles. The van der Waals surface area contributed by atoms with Crippen LogP contribution in [0.25, 0.3) is 0 Å². The molecule has 244 valence electrons. The number of carboxylic acids is 1. The van der Waals surface area contributed by atoms with E-state index in [2.05, 4.69) is 47.6 Å². The summed E-state index contributed by atoms with van der Waals surface area (Å²) >= 11 is 0. The van der Waals surface area contributed by atoms with Crippen LogP contribution < -0.4 is 0 Å². The van der Waals surface area contributed by atoms with Crippen molar-refractivity contribution in [2.45, 2.75) is 143 Å². The highest BCUT2D eigenvalue weighted by Crippen LogP contribution is 2.76. The van der Waals surface area contributed by atoms with E-state index in [0.717, 1.165) is 44.9 Å². The molecule has 0 unspecified atom stereocenters. The SMILES string of the molecule is C[C@H]1CC[C@@]2(C(=O)O)CC[C@@]3(C)C(=CC[C@H]4[C@]5(C)CC[C@@H](O[C@H]6OC[C@@H](O)[C@@H](O)[C@@H]6O)C(C)(C)[C@H]5CC[C@@]43C)[C@H]2[C@@]1(C)O. The van der Waals surface area contributed by atoms with E-state index in [-0.39, 0.29) is 46.2 Å². The van der Waals surface area contributed by atoms with Gasteiger partial charge in [0, 0.05) is 5.92 Å². The summed E-state index contributed by atoms with van der Waals surface area (Å²) in [5, 5.41) is 53.4. The average molecular weight is 605 g/mol. The lowest BCUT2D eigenvalue weighted by Gasteiger charge is -2.72. The average Bonchev–Trinajstić information content (AvgIpc) is 2.92. The molecule has 1 saturated heterocycles. The number of rotatable bonds is 3. The van der Waals surface area contributed by atoms with Crippen LogP contribution in [0.4, 0.5) is 0 Å². The molecule has 0 aromatic rings. The fraction of sp³-hybridized carbons (Fsp3) is 0.914. The van der Waals surface area contributed by atoms with E-state index in [1.165, 1.54) is 5.57 Å². The Bertz CT molecular complexity index is 1160. The second kappa shape index (κ2) is 9.98. The van der Waals surface area contributed by atoms with Gasteiger partial charge in [-0.2, -0.15) is 0 Å². The highest BCUT2D eigenvalue weighted by Gasteiger charge is 2.71. The zero-order valence-corrected chi connectivity index (χ0v) is 27.3. The predicted molar refractivity (Wildman–Crippen MR) is 161 cm³/mol. The molecule has 4 saturated carbocycles. The molecule has 8 heteroatoms. The minimum Gasteiger partial charge on any atom is -0.481 e. The molecule has 6 rings (SSSR count). The normalized spacial score (nSPS) is 56.1. The van der Waals surface area contributed by atoms with Gasteiger partial charge in [-0.25, -0.2) is 0 Å². The van der Waals surface area contributed by atoms with Crippen molar-refractivity contribution >= 4 is 5.97 Å². The van der Waals surface area contributed by atoms with Crippen LogP contribution in [0.5, 0.6) is 0 Å². The van der Waals surface area contributed by atoms with Gasteiger partial charge in [0.1, 0.15) is 18.3 Å². The summed E-state index contributed by atoms with van der Waals surface area (Å²) in [6.07, 6.45) is 5.06. The van der Waals surface area contributed by atoms with Gasteiger partial charge in [-0.05, 0) is 104 Å². The molecule has 5 aliphatic carbocycles. The lowest BCUT2D eigenvalue weighted by Crippen LogP contribution is -2.68. The maximum atomic E-state index is 13.0. The number of aliphatic hydroxyl groups is 4. The molecule has 6 aliphatic rings. The van der Waals surface area contributed by atoms with E-state index in [4.69, 9.17) is 9.47 Å². The second-order valence-electron chi connectivity index (χ2n) is 17.1. The van der Waals surface area contributed by atoms with Crippen LogP contribution in [0.2, 0.25) is 0 Å². The molecule has 43 heavy (non-hydrogen) atoms. The van der Waals surface area contributed by atoms with Crippen molar-refractivity contribution in [1.82, 2.24) is 0 Å². The third kappa shape index (κ3) is 4.11. The zero-order chi connectivity index (χ0) is 31.5. The maximum absolute atomic E-state index is 13.0. The first-order valence-electron chi connectivity index (χ1n) is 16.9. The fourth-order valence-electron chi connectivity index (χ4n) is 12.1. The Kier molecular flexibility index (Phi) is 7.41. The summed E-state index contributed by atoms with van der Waals surface area (Å²) in [5.74, 6) is -0.306. The van der Waals surface area contributed by atoms with Gasteiger partial charge in [-0.15, -0.1) is 0 Å². The van der Waals surface area contributed by atoms with Crippen molar-refractivity contribution < 1.29 is 39.8 Å². The Hall–Kier alpha value is -1.03. The molecule has 5 fully saturated rings. The van der Waals surface area contributed by atoms with E-state index in [1.807, 2.05) is 6.92 Å². The topological polar surface area (TPSA) is 137 Å². The van der Waals surface area contributed by atoms with Crippen molar-refractivity contribution in [3.8, 4) is 0 Å². The van der Waals surface area contributed by atoms with Crippen molar-refractivity contribution in [2.75, 3.05) is 6.61 Å². The monoisotopic (exact) mass is 604 g/mol. The first-order valence-corrected chi connectivity index (χ1v) is 16.9. The van der Waals surface area contributed by atoms with Crippen LogP contribution in [-0.4, -0.2) is 74.4 Å². The van der Waals surface area contributed by atoms with Gasteiger partial charge >= 0.3 is 5.97 Å². The Morgan fingerprint density at radius 1 is 0.907 bits per heavy atom. The minimum atomic E-state index is -1.30. The third-order valence-electron chi connectivity index (χ3n) is 15.2. The van der Waals surface area contributed by atoms with E-state index in [0.29, 0.717) is 24.7 Å². The number of allylic oxidation sites excluding steroid dienone is 1. The predicted octanol–water partition coefficient (Wildman–Crippen LogP) is 4.67. The molecular weight excluding hydrogens is 548 g/mol. The van der Waals surface area contributed by atoms with Crippen LogP contribution in [0.3, 0.4) is 0 Å². The highest BCUT2D eigenvalue weighted by molar-refractivity contribution is 5.77. The van der Waals surface area contributed by atoms with Crippen molar-refractivity contribution in [3.63, 3.8) is 0 Å². The third-order valence-corrected chi connectivity index (χ3v) is 15.2. The Balaban J connectivity index is 1.33. The van der Waals surface area contributed by atoms with E-state index >= 15 is 0 Å². The Morgan fingerprint density at radius 3 is 2.28 bits per heavy atom. The Morgan fingerprint density at radius 2 is 1.60 bits per heavy atom. The zero-order valence-electron chi connectivity index (χ0n) is 27.3. The largest absolute Gasteiger partial charge is 0.481 e. The van der Waals surface area contributed by atoms with Gasteiger partial charge in [0.15, 0.2) is 6.29 Å². The maximum Gasteiger partial charge on any atom is 0.310 e. The fourth-order valence-corrected chi connectivity index (χ4v) is 12.1. The first kappa shape index (κ1) is 31.9. The van der Waals surface area contributed by atoms with Gasteiger partial charge in [0.25, 0.3) is 0 Å². The summed E-state index contributed by atoms with van der Waals surface area (Å²) in [7, 11) is 0. The minimum absolute atomic E-state index is 0.0313. The summed E-state index contributed by atoms with van der Waals surface area (Å²) in [6, 6.07) is 0. The van der Waals surface area contributed by atoms with Gasteiger partial charge in [0.05, 0.1) is 23.7 Å². The number of fused-ring (bicyclic) bond motifs is 7. The van der Waals surface area contributed by atoms with E-state index < -0.39 is 41.6 Å². The molecule has 0 radical (unpaired) electrons. The number of carboxylic acid groups (broad SMARTS) is 1. The number of ether oxygens (including phenoxy) is 2. The molecular formula is C35H56O8. The molecule has 0 amide bonds. The smallest absolute Gasteiger partial charge is 0.310 e. The summed E-state index contributed by atoms with van der Waals surface area (Å²) in [5.41, 5.74) is -1.16. The molecule has 0 bridgehead atoms. The number of hydrogen-bond acceptors (Lipinski definition) is 7. The van der Waals surface area contributed by atoms with Crippen LogP contribution in [0.1, 0.15) is 106 Å². The quantitative estimate of drug-likeness (QED) is 0.232. The van der Waals surface area contributed by atoms with Gasteiger partial charge in [0.2, 0.25) is 0 Å².